The summed E-state index contributed by atoms with van der Waals surface area (Å²) in [6.45, 7) is 3.98. The van der Waals surface area contributed by atoms with E-state index in [0.717, 1.165) is 30.4 Å². The van der Waals surface area contributed by atoms with E-state index in [4.69, 9.17) is 5.73 Å². The smallest absolute Gasteiger partial charge is 0.243 e. The zero-order valence-corrected chi connectivity index (χ0v) is 13.5. The van der Waals surface area contributed by atoms with Crippen LogP contribution in [0.5, 0.6) is 0 Å². The van der Waals surface area contributed by atoms with Gasteiger partial charge >= 0.3 is 0 Å². The van der Waals surface area contributed by atoms with Gasteiger partial charge in [0.05, 0.1) is 11.5 Å². The van der Waals surface area contributed by atoms with Crippen molar-refractivity contribution in [1.82, 2.24) is 4.31 Å². The monoisotopic (exact) mass is 312 g/mol. The Morgan fingerprint density at radius 2 is 2.00 bits per heavy atom. The number of aliphatic hydroxyl groups excluding tert-OH is 1. The fraction of sp³-hybridized carbons (Fsp3) is 0.600. The van der Waals surface area contributed by atoms with Crippen molar-refractivity contribution in [2.45, 2.75) is 50.5 Å². The largest absolute Gasteiger partial charge is 0.399 e. The van der Waals surface area contributed by atoms with Gasteiger partial charge in [0.15, 0.2) is 0 Å². The van der Waals surface area contributed by atoms with E-state index in [1.165, 1.54) is 10.4 Å². The van der Waals surface area contributed by atoms with Gasteiger partial charge in [-0.25, -0.2) is 8.42 Å². The minimum Gasteiger partial charge on any atom is -0.399 e. The van der Waals surface area contributed by atoms with Crippen molar-refractivity contribution in [3.63, 3.8) is 0 Å². The van der Waals surface area contributed by atoms with E-state index in [-0.39, 0.29) is 17.5 Å². The fourth-order valence-electron chi connectivity index (χ4n) is 2.90. The highest BCUT2D eigenvalue weighted by molar-refractivity contribution is 7.89. The van der Waals surface area contributed by atoms with E-state index >= 15 is 0 Å². The molecule has 1 unspecified atom stereocenters. The number of nitrogen functional groups attached to an aromatic ring is 1. The van der Waals surface area contributed by atoms with E-state index < -0.39 is 10.0 Å². The normalized spacial score (nSPS) is 21.2. The molecule has 0 radical (unpaired) electrons. The summed E-state index contributed by atoms with van der Waals surface area (Å²) in [4.78, 5) is 0.264. The van der Waals surface area contributed by atoms with Gasteiger partial charge in [0.2, 0.25) is 10.0 Å². The lowest BCUT2D eigenvalue weighted by Gasteiger charge is -2.28. The molecule has 0 saturated carbocycles. The lowest BCUT2D eigenvalue weighted by molar-refractivity contribution is 0.186. The molecule has 1 saturated heterocycles. The van der Waals surface area contributed by atoms with Gasteiger partial charge < -0.3 is 10.8 Å². The molecule has 5 nitrogen and oxygen atoms in total. The summed E-state index contributed by atoms with van der Waals surface area (Å²) in [5.74, 6) is 0. The number of hydrogen-bond acceptors (Lipinski definition) is 4. The zero-order valence-electron chi connectivity index (χ0n) is 12.7. The van der Waals surface area contributed by atoms with Crippen molar-refractivity contribution < 1.29 is 13.5 Å². The fourth-order valence-corrected chi connectivity index (χ4v) is 4.92. The Balaban J connectivity index is 2.50. The lowest BCUT2D eigenvalue weighted by atomic mass is 10.1. The third-order valence-electron chi connectivity index (χ3n) is 4.26. The summed E-state index contributed by atoms with van der Waals surface area (Å²) in [7, 11) is -3.63. The van der Waals surface area contributed by atoms with Crippen LogP contribution in [0.3, 0.4) is 0 Å². The van der Waals surface area contributed by atoms with Crippen LogP contribution in [0.4, 0.5) is 5.69 Å². The predicted molar refractivity (Wildman–Crippen MR) is 83.6 cm³/mol. The second kappa shape index (κ2) is 6.34. The SMILES string of the molecule is Cc1cc(N)cc(S(=O)(=O)N2CCCCCC2CO)c1C. The van der Waals surface area contributed by atoms with Crippen LogP contribution in [-0.2, 0) is 10.0 Å². The van der Waals surface area contributed by atoms with Crippen LogP contribution < -0.4 is 5.73 Å². The average Bonchev–Trinajstić information content (AvgIpc) is 2.68. The van der Waals surface area contributed by atoms with Crippen molar-refractivity contribution in [1.29, 1.82) is 0 Å². The molecule has 1 heterocycles. The third-order valence-corrected chi connectivity index (χ3v) is 6.34. The summed E-state index contributed by atoms with van der Waals surface area (Å²) in [5, 5.41) is 9.54. The van der Waals surface area contributed by atoms with E-state index in [9.17, 15) is 13.5 Å². The van der Waals surface area contributed by atoms with Gasteiger partial charge in [-0.15, -0.1) is 0 Å². The molecule has 6 heteroatoms. The van der Waals surface area contributed by atoms with Crippen molar-refractivity contribution in [2.75, 3.05) is 18.9 Å². The molecule has 0 amide bonds. The van der Waals surface area contributed by atoms with Gasteiger partial charge in [0.25, 0.3) is 0 Å². The summed E-state index contributed by atoms with van der Waals surface area (Å²) in [5.41, 5.74) is 7.86. The molecule has 1 aliphatic rings. The molecule has 0 spiro atoms. The molecule has 1 aromatic carbocycles. The van der Waals surface area contributed by atoms with Crippen LogP contribution in [0, 0.1) is 13.8 Å². The lowest BCUT2D eigenvalue weighted by Crippen LogP contribution is -2.42. The molecule has 1 fully saturated rings. The summed E-state index contributed by atoms with van der Waals surface area (Å²) >= 11 is 0. The maximum Gasteiger partial charge on any atom is 0.243 e. The van der Waals surface area contributed by atoms with Gasteiger partial charge in [-0.05, 0) is 49.9 Å². The highest BCUT2D eigenvalue weighted by atomic mass is 32.2. The van der Waals surface area contributed by atoms with Crippen LogP contribution in [-0.4, -0.2) is 37.0 Å². The molecular weight excluding hydrogens is 288 g/mol. The van der Waals surface area contributed by atoms with Crippen molar-refractivity contribution >= 4 is 15.7 Å². The number of nitrogens with two attached hydrogens (primary N) is 1. The van der Waals surface area contributed by atoms with Crippen LogP contribution in [0.25, 0.3) is 0 Å². The Hall–Kier alpha value is -1.11. The minimum absolute atomic E-state index is 0.139. The number of aryl methyl sites for hydroxylation is 1. The highest BCUT2D eigenvalue weighted by Crippen LogP contribution is 2.29. The predicted octanol–water partition coefficient (Wildman–Crippen LogP) is 1.81. The second-order valence-electron chi connectivity index (χ2n) is 5.76. The number of sulfonamides is 1. The first-order valence-corrected chi connectivity index (χ1v) is 8.81. The molecule has 1 aromatic rings. The van der Waals surface area contributed by atoms with Gasteiger partial charge in [0, 0.05) is 18.3 Å². The Morgan fingerprint density at radius 3 is 2.67 bits per heavy atom. The van der Waals surface area contributed by atoms with E-state index in [2.05, 4.69) is 0 Å². The highest BCUT2D eigenvalue weighted by Gasteiger charge is 2.33. The van der Waals surface area contributed by atoms with E-state index in [0.29, 0.717) is 18.7 Å². The van der Waals surface area contributed by atoms with Crippen LogP contribution in [0.1, 0.15) is 36.8 Å². The Bertz CT molecular complexity index is 614. The maximum absolute atomic E-state index is 13.0. The number of nitrogens with zero attached hydrogens (tertiary/aromatic N) is 1. The van der Waals surface area contributed by atoms with Gasteiger partial charge in [-0.2, -0.15) is 4.31 Å². The molecule has 0 bridgehead atoms. The summed E-state index contributed by atoms with van der Waals surface area (Å²) < 4.78 is 27.4. The molecule has 21 heavy (non-hydrogen) atoms. The van der Waals surface area contributed by atoms with E-state index in [1.54, 1.807) is 13.0 Å². The summed E-state index contributed by atoms with van der Waals surface area (Å²) in [6.07, 6.45) is 3.48. The topological polar surface area (TPSA) is 83.6 Å². The van der Waals surface area contributed by atoms with Crippen LogP contribution in [0.15, 0.2) is 17.0 Å². The van der Waals surface area contributed by atoms with Gasteiger partial charge in [-0.1, -0.05) is 12.8 Å². The standard InChI is InChI=1S/C15H24N2O3S/c1-11-8-13(16)9-15(12(11)2)21(19,20)17-7-5-3-4-6-14(17)10-18/h8-9,14,18H,3-7,10,16H2,1-2H3. The zero-order chi connectivity index (χ0) is 15.6. The first-order valence-electron chi connectivity index (χ1n) is 7.37. The molecule has 3 N–H and O–H groups in total. The van der Waals surface area contributed by atoms with Gasteiger partial charge in [0.1, 0.15) is 0 Å². The average molecular weight is 312 g/mol. The molecule has 2 rings (SSSR count). The third kappa shape index (κ3) is 3.22. The number of rotatable bonds is 3. The number of aliphatic hydroxyl groups is 1. The molecule has 0 aromatic heterocycles. The molecule has 1 aliphatic heterocycles. The van der Waals surface area contributed by atoms with Crippen molar-refractivity contribution in [2.24, 2.45) is 0 Å². The van der Waals surface area contributed by atoms with Crippen molar-refractivity contribution in [3.8, 4) is 0 Å². The summed E-state index contributed by atoms with van der Waals surface area (Å²) in [6, 6.07) is 2.97. The number of hydrogen-bond donors (Lipinski definition) is 2. The first kappa shape index (κ1) is 16.3. The quantitative estimate of drug-likeness (QED) is 0.834. The van der Waals surface area contributed by atoms with Crippen molar-refractivity contribution in [3.05, 3.63) is 23.3 Å². The Labute approximate surface area is 126 Å². The second-order valence-corrected chi connectivity index (χ2v) is 7.62. The van der Waals surface area contributed by atoms with Crippen LogP contribution in [0.2, 0.25) is 0 Å². The minimum atomic E-state index is -3.63. The number of anilines is 1. The molecule has 0 aliphatic carbocycles. The Morgan fingerprint density at radius 1 is 1.29 bits per heavy atom. The molecule has 1 atom stereocenters. The van der Waals surface area contributed by atoms with Gasteiger partial charge in [-0.3, -0.25) is 0 Å². The van der Waals surface area contributed by atoms with E-state index in [1.807, 2.05) is 6.92 Å². The maximum atomic E-state index is 13.0. The first-order chi connectivity index (χ1) is 9.87. The Kier molecular flexibility index (Phi) is 4.91. The molecule has 118 valence electrons. The molecular formula is C15H24N2O3S. The number of benzene rings is 1. The van der Waals surface area contributed by atoms with Crippen LogP contribution >= 0.6 is 0 Å².